The van der Waals surface area contributed by atoms with Crippen LogP contribution in [0.3, 0.4) is 0 Å². The molecule has 0 aliphatic rings. The highest BCUT2D eigenvalue weighted by atomic mass is 16.6. The van der Waals surface area contributed by atoms with Gasteiger partial charge < -0.3 is 15.7 Å². The zero-order chi connectivity index (χ0) is 13.7. The van der Waals surface area contributed by atoms with Crippen molar-refractivity contribution in [1.82, 2.24) is 0 Å². The number of oxime groups is 1. The molecule has 0 bridgehead atoms. The summed E-state index contributed by atoms with van der Waals surface area (Å²) in [4.78, 5) is 10.3. The maximum atomic E-state index is 10.8. The normalized spacial score (nSPS) is 13.1. The quantitative estimate of drug-likeness (QED) is 0.273. The Balaban J connectivity index is 3.04. The molecule has 0 heterocycles. The smallest absolute Gasteiger partial charge is 0.276 e. The highest BCUT2D eigenvalue weighted by Gasteiger charge is 2.19. The van der Waals surface area contributed by atoms with Crippen LogP contribution in [-0.2, 0) is 0 Å². The average molecular weight is 253 g/mol. The zero-order valence-corrected chi connectivity index (χ0v) is 10.2. The van der Waals surface area contributed by atoms with Gasteiger partial charge in [-0.3, -0.25) is 10.1 Å². The summed E-state index contributed by atoms with van der Waals surface area (Å²) in [5.41, 5.74) is 5.85. The molecule has 0 aliphatic heterocycles. The molecule has 0 amide bonds. The van der Waals surface area contributed by atoms with Gasteiger partial charge >= 0.3 is 0 Å². The SMILES string of the molecule is CCC(Oc1cccc([N+](=O)[O-])c1C)C(N)=NO. The lowest BCUT2D eigenvalue weighted by atomic mass is 10.1. The standard InChI is InChI=1S/C11H15N3O4/c1-3-9(11(12)13-15)18-10-6-4-5-8(7(10)2)14(16)17/h4-6,9,15H,3H2,1-2H3,(H2,12,13). The molecule has 1 aromatic carbocycles. The number of ether oxygens (including phenoxy) is 1. The molecule has 7 nitrogen and oxygen atoms in total. The summed E-state index contributed by atoms with van der Waals surface area (Å²) in [6.45, 7) is 3.39. The van der Waals surface area contributed by atoms with Crippen molar-refractivity contribution in [3.8, 4) is 5.75 Å². The molecule has 1 aromatic rings. The lowest BCUT2D eigenvalue weighted by Crippen LogP contribution is -2.33. The fourth-order valence-electron chi connectivity index (χ4n) is 1.50. The maximum absolute atomic E-state index is 10.8. The van der Waals surface area contributed by atoms with Gasteiger partial charge in [0.05, 0.1) is 10.5 Å². The molecule has 0 radical (unpaired) electrons. The second kappa shape index (κ2) is 5.85. The fraction of sp³-hybridized carbons (Fsp3) is 0.364. The van der Waals surface area contributed by atoms with E-state index in [1.165, 1.54) is 12.1 Å². The van der Waals surface area contributed by atoms with Gasteiger partial charge in [-0.1, -0.05) is 18.1 Å². The second-order valence-electron chi connectivity index (χ2n) is 3.70. The topological polar surface area (TPSA) is 111 Å². The van der Waals surface area contributed by atoms with Crippen LogP contribution in [0.1, 0.15) is 18.9 Å². The number of nitro benzene ring substituents is 1. The van der Waals surface area contributed by atoms with E-state index in [9.17, 15) is 10.1 Å². The summed E-state index contributed by atoms with van der Waals surface area (Å²) < 4.78 is 5.52. The third-order valence-corrected chi connectivity index (χ3v) is 2.54. The molecule has 18 heavy (non-hydrogen) atoms. The van der Waals surface area contributed by atoms with Crippen LogP contribution in [0.4, 0.5) is 5.69 Å². The van der Waals surface area contributed by atoms with Gasteiger partial charge in [0, 0.05) is 6.07 Å². The van der Waals surface area contributed by atoms with Crippen LogP contribution in [0.2, 0.25) is 0 Å². The summed E-state index contributed by atoms with van der Waals surface area (Å²) in [5, 5.41) is 22.3. The molecule has 0 aromatic heterocycles. The van der Waals surface area contributed by atoms with Crippen LogP contribution < -0.4 is 10.5 Å². The first-order valence-electron chi connectivity index (χ1n) is 5.39. The van der Waals surface area contributed by atoms with Crippen molar-refractivity contribution in [2.75, 3.05) is 0 Å². The average Bonchev–Trinajstić information content (AvgIpc) is 2.36. The minimum atomic E-state index is -0.615. The molecule has 1 rings (SSSR count). The molecular formula is C11H15N3O4. The summed E-state index contributed by atoms with van der Waals surface area (Å²) in [7, 11) is 0. The second-order valence-corrected chi connectivity index (χ2v) is 3.70. The fourth-order valence-corrected chi connectivity index (χ4v) is 1.50. The van der Waals surface area contributed by atoms with Crippen LogP contribution in [-0.4, -0.2) is 22.1 Å². The monoisotopic (exact) mass is 253 g/mol. The minimum Gasteiger partial charge on any atom is -0.482 e. The van der Waals surface area contributed by atoms with Crippen LogP contribution in [0.25, 0.3) is 0 Å². The van der Waals surface area contributed by atoms with Crippen LogP contribution in [0.15, 0.2) is 23.4 Å². The third-order valence-electron chi connectivity index (χ3n) is 2.54. The number of nitro groups is 1. The number of hydrogen-bond donors (Lipinski definition) is 2. The number of rotatable bonds is 5. The summed E-state index contributed by atoms with van der Waals surface area (Å²) in [6.07, 6.45) is -0.131. The van der Waals surface area contributed by atoms with E-state index in [0.29, 0.717) is 17.7 Å². The van der Waals surface area contributed by atoms with Crippen molar-refractivity contribution in [3.05, 3.63) is 33.9 Å². The molecule has 0 saturated heterocycles. The first-order valence-corrected chi connectivity index (χ1v) is 5.39. The van der Waals surface area contributed by atoms with Crippen LogP contribution in [0, 0.1) is 17.0 Å². The Morgan fingerprint density at radius 2 is 2.33 bits per heavy atom. The van der Waals surface area contributed by atoms with E-state index in [-0.39, 0.29) is 11.5 Å². The van der Waals surface area contributed by atoms with E-state index in [0.717, 1.165) is 0 Å². The van der Waals surface area contributed by atoms with Gasteiger partial charge in [-0.25, -0.2) is 0 Å². The van der Waals surface area contributed by atoms with Gasteiger partial charge in [0.2, 0.25) is 0 Å². The first-order chi connectivity index (χ1) is 8.51. The number of nitrogens with two attached hydrogens (primary N) is 1. The van der Waals surface area contributed by atoms with Gasteiger partial charge in [-0.2, -0.15) is 0 Å². The lowest BCUT2D eigenvalue weighted by Gasteiger charge is -2.17. The molecule has 0 fully saturated rings. The predicted molar refractivity (Wildman–Crippen MR) is 65.9 cm³/mol. The van der Waals surface area contributed by atoms with Crippen molar-refractivity contribution in [3.63, 3.8) is 0 Å². The van der Waals surface area contributed by atoms with E-state index in [1.54, 1.807) is 19.9 Å². The van der Waals surface area contributed by atoms with E-state index in [4.69, 9.17) is 15.7 Å². The zero-order valence-electron chi connectivity index (χ0n) is 10.2. The molecule has 98 valence electrons. The van der Waals surface area contributed by atoms with Crippen LogP contribution in [0.5, 0.6) is 5.75 Å². The van der Waals surface area contributed by atoms with Gasteiger partial charge in [-0.05, 0) is 19.4 Å². The number of amidine groups is 1. The van der Waals surface area contributed by atoms with Gasteiger partial charge in [0.15, 0.2) is 11.9 Å². The van der Waals surface area contributed by atoms with Crippen molar-refractivity contribution in [1.29, 1.82) is 0 Å². The first kappa shape index (κ1) is 13.8. The number of benzene rings is 1. The Labute approximate surface area is 104 Å². The molecule has 0 aliphatic carbocycles. The molecule has 7 heteroatoms. The number of hydrogen-bond acceptors (Lipinski definition) is 5. The maximum Gasteiger partial charge on any atom is 0.276 e. The van der Waals surface area contributed by atoms with Crippen molar-refractivity contribution < 1.29 is 14.9 Å². The van der Waals surface area contributed by atoms with Gasteiger partial charge in [-0.15, -0.1) is 0 Å². The van der Waals surface area contributed by atoms with E-state index in [2.05, 4.69) is 5.16 Å². The van der Waals surface area contributed by atoms with Crippen molar-refractivity contribution in [2.24, 2.45) is 10.9 Å². The van der Waals surface area contributed by atoms with Gasteiger partial charge in [0.1, 0.15) is 5.75 Å². The molecular weight excluding hydrogens is 238 g/mol. The van der Waals surface area contributed by atoms with E-state index in [1.807, 2.05) is 0 Å². The van der Waals surface area contributed by atoms with E-state index >= 15 is 0 Å². The Morgan fingerprint density at radius 1 is 1.67 bits per heavy atom. The summed E-state index contributed by atoms with van der Waals surface area (Å²) in [5.74, 6) is 0.283. The molecule has 3 N–H and O–H groups in total. The summed E-state index contributed by atoms with van der Waals surface area (Å²) in [6, 6.07) is 4.53. The molecule has 0 saturated carbocycles. The van der Waals surface area contributed by atoms with Crippen LogP contribution >= 0.6 is 0 Å². The van der Waals surface area contributed by atoms with E-state index < -0.39 is 11.0 Å². The Kier molecular flexibility index (Phi) is 4.47. The van der Waals surface area contributed by atoms with Crippen molar-refractivity contribution in [2.45, 2.75) is 26.4 Å². The minimum absolute atomic E-state index is 0.0261. The highest BCUT2D eigenvalue weighted by molar-refractivity contribution is 5.84. The molecule has 0 spiro atoms. The largest absolute Gasteiger partial charge is 0.482 e. The number of nitrogens with zero attached hydrogens (tertiary/aromatic N) is 2. The predicted octanol–water partition coefficient (Wildman–Crippen LogP) is 1.81. The Bertz CT molecular complexity index is 473. The summed E-state index contributed by atoms with van der Waals surface area (Å²) >= 11 is 0. The van der Waals surface area contributed by atoms with Gasteiger partial charge in [0.25, 0.3) is 5.69 Å². The van der Waals surface area contributed by atoms with Crippen molar-refractivity contribution >= 4 is 11.5 Å². The third kappa shape index (κ3) is 2.88. The molecule has 1 atom stereocenters. The molecule has 1 unspecified atom stereocenters. The highest BCUT2D eigenvalue weighted by Crippen LogP contribution is 2.28. The Morgan fingerprint density at radius 3 is 2.83 bits per heavy atom. The Hall–Kier alpha value is -2.31. The lowest BCUT2D eigenvalue weighted by molar-refractivity contribution is -0.385.